The molecule has 0 bridgehead atoms. The summed E-state index contributed by atoms with van der Waals surface area (Å²) in [5.74, 6) is 0. The monoisotopic (exact) mass is 513 g/mol. The molecule has 0 unspecified atom stereocenters. The van der Waals surface area contributed by atoms with Gasteiger partial charge in [0.2, 0.25) is 5.24 Å². The molecule has 190 valence electrons. The van der Waals surface area contributed by atoms with Crippen molar-refractivity contribution in [3.05, 3.63) is 35.6 Å². The number of nitrogens with zero attached hydrogens (tertiary/aromatic N) is 1. The minimum atomic E-state index is -1.81. The lowest BCUT2D eigenvalue weighted by Crippen LogP contribution is -2.40. The van der Waals surface area contributed by atoms with Gasteiger partial charge in [-0.05, 0) is 79.0 Å². The number of aromatic nitrogens is 1. The Kier molecular flexibility index (Phi) is 18.1. The maximum atomic E-state index is 10.2. The number of pyridine rings is 1. The van der Waals surface area contributed by atoms with Gasteiger partial charge >= 0.3 is 0 Å². The molecule has 1 rings (SSSR count). The number of hydrogen-bond donors (Lipinski definition) is 0. The molecule has 0 aliphatic heterocycles. The fourth-order valence-corrected chi connectivity index (χ4v) is 5.16. The van der Waals surface area contributed by atoms with E-state index in [1.807, 2.05) is 24.4 Å². The zero-order chi connectivity index (χ0) is 25.2. The van der Waals surface area contributed by atoms with Gasteiger partial charge in [-0.3, -0.25) is 4.79 Å². The van der Waals surface area contributed by atoms with Crippen LogP contribution < -0.4 is 0 Å². The van der Waals surface area contributed by atoms with Crippen molar-refractivity contribution in [2.45, 2.75) is 128 Å². The maximum absolute atomic E-state index is 10.2. The molecule has 6 heteroatoms. The number of unbranched alkanes of at least 4 members (excludes halogenated alkanes) is 8. The van der Waals surface area contributed by atoms with Crippen molar-refractivity contribution in [2.24, 2.45) is 0 Å². The Morgan fingerprint density at radius 2 is 1.64 bits per heavy atom. The molecule has 1 heterocycles. The van der Waals surface area contributed by atoms with Crippen LogP contribution in [-0.2, 0) is 9.22 Å². The SMILES string of the molecule is CCCCCC/C=C(/O[Si](C)(C)C(C)(C)C)Sc1ccccn1.CCCCCCCC(=O)Cl. The molecule has 0 amide bonds. The minimum absolute atomic E-state index is 0.198. The Balaban J connectivity index is 0.000000861. The largest absolute Gasteiger partial charge is 0.539 e. The Morgan fingerprint density at radius 3 is 2.15 bits per heavy atom. The molecule has 0 aliphatic rings. The normalized spacial score (nSPS) is 12.2. The molecule has 0 aromatic carbocycles. The van der Waals surface area contributed by atoms with Crippen molar-refractivity contribution in [3.8, 4) is 0 Å². The fraction of sp³-hybridized carbons (Fsp3) is 0.704. The second-order valence-corrected chi connectivity index (χ2v) is 16.2. The second kappa shape index (κ2) is 18.5. The standard InChI is InChI=1S/C19H33NOSSi.C8H15ClO/c1-7-8-9-10-11-15-18(21-23(5,6)19(2,3)4)22-17-14-12-13-16-20-17;1-2-3-4-5-6-7-8(9)10/h12-16H,7-11H2,1-6H3;2-7H2,1H3/b18-15-;. The van der Waals surface area contributed by atoms with Crippen LogP contribution in [0.5, 0.6) is 0 Å². The topological polar surface area (TPSA) is 39.2 Å². The Labute approximate surface area is 214 Å². The van der Waals surface area contributed by atoms with Gasteiger partial charge in [-0.15, -0.1) is 0 Å². The first kappa shape index (κ1) is 32.2. The molecular weight excluding hydrogens is 466 g/mol. The van der Waals surface area contributed by atoms with Gasteiger partial charge in [-0.25, -0.2) is 4.98 Å². The van der Waals surface area contributed by atoms with Crippen molar-refractivity contribution in [1.82, 2.24) is 4.98 Å². The van der Waals surface area contributed by atoms with E-state index >= 15 is 0 Å². The fourth-order valence-electron chi connectivity index (χ4n) is 2.68. The van der Waals surface area contributed by atoms with Crippen molar-refractivity contribution in [3.63, 3.8) is 0 Å². The maximum Gasteiger partial charge on any atom is 0.251 e. The Morgan fingerprint density at radius 1 is 1.03 bits per heavy atom. The van der Waals surface area contributed by atoms with Crippen LogP contribution in [0.4, 0.5) is 0 Å². The van der Waals surface area contributed by atoms with Crippen LogP contribution >= 0.6 is 23.4 Å². The van der Waals surface area contributed by atoms with E-state index in [9.17, 15) is 4.79 Å². The highest BCUT2D eigenvalue weighted by molar-refractivity contribution is 8.02. The van der Waals surface area contributed by atoms with Crippen molar-refractivity contribution < 1.29 is 9.22 Å². The van der Waals surface area contributed by atoms with Crippen LogP contribution in [0.3, 0.4) is 0 Å². The van der Waals surface area contributed by atoms with Crippen LogP contribution in [0.2, 0.25) is 18.1 Å². The summed E-state index contributed by atoms with van der Waals surface area (Å²) >= 11 is 6.81. The van der Waals surface area contributed by atoms with Gasteiger partial charge in [0.1, 0.15) is 10.1 Å². The molecule has 0 saturated heterocycles. The predicted molar refractivity (Wildman–Crippen MR) is 149 cm³/mol. The van der Waals surface area contributed by atoms with E-state index in [1.165, 1.54) is 44.9 Å². The second-order valence-electron chi connectivity index (χ2n) is 10.0. The van der Waals surface area contributed by atoms with E-state index < -0.39 is 8.32 Å². The average Bonchev–Trinajstić information content (AvgIpc) is 2.73. The summed E-state index contributed by atoms with van der Waals surface area (Å²) in [6, 6.07) is 6.03. The highest BCUT2D eigenvalue weighted by Gasteiger charge is 2.39. The van der Waals surface area contributed by atoms with Crippen molar-refractivity contribution in [1.29, 1.82) is 0 Å². The lowest BCUT2D eigenvalue weighted by Gasteiger charge is -2.37. The third-order valence-corrected chi connectivity index (χ3v) is 11.4. The van der Waals surface area contributed by atoms with Gasteiger partial charge in [0, 0.05) is 12.6 Å². The van der Waals surface area contributed by atoms with Crippen molar-refractivity contribution >= 4 is 36.9 Å². The third kappa shape index (κ3) is 17.3. The molecule has 0 spiro atoms. The highest BCUT2D eigenvalue weighted by Crippen LogP contribution is 2.40. The lowest BCUT2D eigenvalue weighted by molar-refractivity contribution is -0.111. The Hall–Kier alpha value is -0.783. The number of hydrogen-bond acceptors (Lipinski definition) is 4. The summed E-state index contributed by atoms with van der Waals surface area (Å²) in [6.07, 6.45) is 16.7. The van der Waals surface area contributed by atoms with Gasteiger partial charge < -0.3 is 4.43 Å². The first-order valence-corrected chi connectivity index (χ1v) is 16.8. The summed E-state index contributed by atoms with van der Waals surface area (Å²) in [4.78, 5) is 14.7. The first-order chi connectivity index (χ1) is 15.5. The zero-order valence-electron chi connectivity index (χ0n) is 22.2. The number of carbonyl (C=O) groups is 1. The highest BCUT2D eigenvalue weighted by atomic mass is 35.5. The van der Waals surface area contributed by atoms with Gasteiger partial charge in [0.05, 0.1) is 0 Å². The van der Waals surface area contributed by atoms with E-state index in [0.717, 1.165) is 29.4 Å². The number of rotatable bonds is 15. The van der Waals surface area contributed by atoms with Gasteiger partial charge in [0.25, 0.3) is 8.32 Å². The summed E-state index contributed by atoms with van der Waals surface area (Å²) in [7, 11) is -1.81. The van der Waals surface area contributed by atoms with E-state index in [0.29, 0.717) is 6.42 Å². The van der Waals surface area contributed by atoms with Crippen molar-refractivity contribution in [2.75, 3.05) is 0 Å². The van der Waals surface area contributed by atoms with Crippen LogP contribution in [0.1, 0.15) is 105 Å². The smallest absolute Gasteiger partial charge is 0.251 e. The molecule has 0 saturated carbocycles. The molecule has 0 fully saturated rings. The molecule has 33 heavy (non-hydrogen) atoms. The molecule has 0 aliphatic carbocycles. The third-order valence-electron chi connectivity index (χ3n) is 5.85. The minimum Gasteiger partial charge on any atom is -0.539 e. The van der Waals surface area contributed by atoms with Crippen LogP contribution in [0.15, 0.2) is 40.6 Å². The van der Waals surface area contributed by atoms with Gasteiger partial charge in [0.15, 0.2) is 0 Å². The van der Waals surface area contributed by atoms with E-state index in [4.69, 9.17) is 16.0 Å². The van der Waals surface area contributed by atoms with Gasteiger partial charge in [-0.2, -0.15) is 0 Å². The molecular formula is C27H48ClNO2SSi. The summed E-state index contributed by atoms with van der Waals surface area (Å²) < 4.78 is 6.54. The molecule has 1 aromatic rings. The predicted octanol–water partition coefficient (Wildman–Crippen LogP) is 10.1. The average molecular weight is 514 g/mol. The molecule has 0 radical (unpaired) electrons. The summed E-state index contributed by atoms with van der Waals surface area (Å²) in [5.41, 5.74) is 0. The van der Waals surface area contributed by atoms with Crippen LogP contribution in [0.25, 0.3) is 0 Å². The first-order valence-electron chi connectivity index (χ1n) is 12.7. The molecule has 0 atom stereocenters. The quantitative estimate of drug-likeness (QED) is 0.0768. The van der Waals surface area contributed by atoms with Crippen LogP contribution in [-0.4, -0.2) is 18.5 Å². The lowest BCUT2D eigenvalue weighted by atomic mass is 10.1. The number of halogens is 1. The summed E-state index contributed by atoms with van der Waals surface area (Å²) in [6.45, 7) is 15.9. The molecule has 0 N–H and O–H groups in total. The summed E-state index contributed by atoms with van der Waals surface area (Å²) in [5, 5.41) is 2.05. The van der Waals surface area contributed by atoms with Crippen LogP contribution in [0, 0.1) is 0 Å². The van der Waals surface area contributed by atoms with E-state index in [-0.39, 0.29) is 10.3 Å². The molecule has 3 nitrogen and oxygen atoms in total. The number of carbonyl (C=O) groups excluding carboxylic acids is 1. The van der Waals surface area contributed by atoms with E-state index in [2.05, 4.69) is 58.8 Å². The van der Waals surface area contributed by atoms with Gasteiger partial charge in [-0.1, -0.05) is 85.6 Å². The molecule has 1 aromatic heterocycles. The van der Waals surface area contributed by atoms with E-state index in [1.54, 1.807) is 11.8 Å². The number of thioether (sulfide) groups is 1. The number of allylic oxidation sites excluding steroid dienone is 1. The Bertz CT molecular complexity index is 660. The zero-order valence-corrected chi connectivity index (χ0v) is 24.8.